The van der Waals surface area contributed by atoms with Crippen molar-refractivity contribution in [2.75, 3.05) is 16.8 Å². The van der Waals surface area contributed by atoms with Crippen LogP contribution in [0.25, 0.3) is 38.8 Å². The molecule has 0 unspecified atom stereocenters. The molecule has 0 atom stereocenters. The number of aryl methyl sites for hydroxylation is 2. The molecule has 1 aliphatic heterocycles. The average Bonchev–Trinajstić information content (AvgIpc) is 3.55. The van der Waals surface area contributed by atoms with Crippen molar-refractivity contribution in [3.8, 4) is 28.4 Å². The molecule has 0 saturated carbocycles. The molecule has 224 valence electrons. The smallest absolute Gasteiger partial charge is 0.135 e. The Bertz CT molecular complexity index is 2180. The number of hydrogen-bond donors (Lipinski definition) is 0. The molecule has 0 aliphatic carbocycles. The molecule has 6 heteroatoms. The van der Waals surface area contributed by atoms with Gasteiger partial charge in [-0.1, -0.05) is 60.1 Å². The molecule has 7 aromatic rings. The summed E-state index contributed by atoms with van der Waals surface area (Å²) in [5, 5.41) is 2.24. The van der Waals surface area contributed by atoms with E-state index in [4.69, 9.17) is 4.74 Å². The fraction of sp³-hybridized carbons (Fsp3) is 0.0769. The Kier molecular flexibility index (Phi) is 7.43. The number of benzene rings is 5. The van der Waals surface area contributed by atoms with E-state index in [1.54, 1.807) is 0 Å². The minimum atomic E-state index is 0. The van der Waals surface area contributed by atoms with Crippen LogP contribution in [0, 0.1) is 32.6 Å². The molecule has 0 saturated heterocycles. The molecule has 0 N–H and O–H groups in total. The van der Waals surface area contributed by atoms with Crippen LogP contribution in [0.3, 0.4) is 0 Å². The van der Waals surface area contributed by atoms with Gasteiger partial charge >= 0.3 is 0 Å². The second-order valence-corrected chi connectivity index (χ2v) is 11.2. The summed E-state index contributed by atoms with van der Waals surface area (Å²) in [6.07, 6.45) is 1.82. The predicted molar refractivity (Wildman–Crippen MR) is 179 cm³/mol. The summed E-state index contributed by atoms with van der Waals surface area (Å²) in [6.45, 7) is 6.42. The normalized spacial score (nSPS) is 12.4. The van der Waals surface area contributed by atoms with Crippen molar-refractivity contribution in [3.05, 3.63) is 145 Å². The number of nitrogens with zero attached hydrogens (tertiary/aromatic N) is 4. The number of rotatable bonds is 5. The molecule has 0 spiro atoms. The molecule has 0 amide bonds. The minimum absolute atomic E-state index is 0. The second-order valence-electron chi connectivity index (χ2n) is 11.2. The second kappa shape index (κ2) is 11.6. The van der Waals surface area contributed by atoms with E-state index >= 15 is 0 Å². The van der Waals surface area contributed by atoms with Gasteiger partial charge in [0.1, 0.15) is 5.82 Å². The predicted octanol–water partition coefficient (Wildman–Crippen LogP) is 9.56. The number of para-hydroxylation sites is 1. The first-order valence-electron chi connectivity index (χ1n) is 14.7. The Morgan fingerprint density at radius 2 is 1.44 bits per heavy atom. The Balaban J connectivity index is 0.00000325. The number of anilines is 3. The van der Waals surface area contributed by atoms with Crippen LogP contribution in [0.2, 0.25) is 0 Å². The number of hydrogen-bond acceptors (Lipinski definition) is 4. The van der Waals surface area contributed by atoms with Gasteiger partial charge in [-0.3, -0.25) is 0 Å². The Labute approximate surface area is 277 Å². The van der Waals surface area contributed by atoms with Crippen LogP contribution in [-0.2, 0) is 21.1 Å². The van der Waals surface area contributed by atoms with Gasteiger partial charge in [0.2, 0.25) is 0 Å². The van der Waals surface area contributed by atoms with Crippen molar-refractivity contribution in [3.63, 3.8) is 0 Å². The monoisotopic (exact) mass is 764 g/mol. The van der Waals surface area contributed by atoms with E-state index in [-0.39, 0.29) is 21.1 Å². The summed E-state index contributed by atoms with van der Waals surface area (Å²) in [5.74, 6) is 2.06. The zero-order valence-corrected chi connectivity index (χ0v) is 27.3. The summed E-state index contributed by atoms with van der Waals surface area (Å²) in [7, 11) is 2.08. The van der Waals surface area contributed by atoms with Crippen LogP contribution < -0.4 is 14.5 Å². The number of aromatic nitrogens is 2. The quantitative estimate of drug-likeness (QED) is 0.164. The van der Waals surface area contributed by atoms with Crippen LogP contribution in [0.1, 0.15) is 11.1 Å². The standard InChI is InChI=1S/C39H29N4O.Pt/c1-26-19-37-38(20-27(26)2)42(25-41(37)3)30-21-29(28-11-5-4-6-12-28)22-32(23-30)44-31-16-17-34-33-13-7-8-14-35(33)43(36(34)24-31)39-15-9-10-18-40-39;/h4-22,25H,1-3H3;/q-3;. The maximum Gasteiger partial charge on any atom is 0.135 e. The molecule has 8 rings (SSSR count). The van der Waals surface area contributed by atoms with Gasteiger partial charge in [0.05, 0.1) is 0 Å². The van der Waals surface area contributed by atoms with Crippen molar-refractivity contribution in [1.82, 2.24) is 9.55 Å². The Morgan fingerprint density at radius 1 is 0.689 bits per heavy atom. The van der Waals surface area contributed by atoms with E-state index in [1.165, 1.54) is 11.1 Å². The number of ether oxygens (including phenoxy) is 1. The van der Waals surface area contributed by atoms with Gasteiger partial charge in [-0.05, 0) is 73.3 Å². The van der Waals surface area contributed by atoms with Crippen LogP contribution in [0.4, 0.5) is 17.1 Å². The summed E-state index contributed by atoms with van der Waals surface area (Å²) in [4.78, 5) is 9.00. The van der Waals surface area contributed by atoms with Crippen LogP contribution in [0.5, 0.6) is 11.5 Å². The first-order valence-corrected chi connectivity index (χ1v) is 14.7. The SMILES string of the molecule is Cc1cc2c(cc1C)N(c1[c-]c(Oc3[c-]c4c(cc3)c3ccccc3n4-c3ccccn3)cc(-c3ccccc3)c1)[CH-]N2C.[Pt]. The molecule has 5 nitrogen and oxygen atoms in total. The van der Waals surface area contributed by atoms with Crippen molar-refractivity contribution >= 4 is 38.9 Å². The first kappa shape index (κ1) is 28.9. The molecular weight excluding hydrogens is 736 g/mol. The zero-order valence-electron chi connectivity index (χ0n) is 25.1. The van der Waals surface area contributed by atoms with Gasteiger partial charge in [0.15, 0.2) is 0 Å². The third-order valence-corrected chi connectivity index (χ3v) is 8.37. The molecule has 0 radical (unpaired) electrons. The Morgan fingerprint density at radius 3 is 2.24 bits per heavy atom. The van der Waals surface area contributed by atoms with Gasteiger partial charge in [0.25, 0.3) is 0 Å². The summed E-state index contributed by atoms with van der Waals surface area (Å²) >= 11 is 0. The molecule has 1 aliphatic rings. The van der Waals surface area contributed by atoms with Gasteiger partial charge in [0, 0.05) is 55.7 Å². The maximum atomic E-state index is 6.59. The van der Waals surface area contributed by atoms with E-state index in [2.05, 4.69) is 132 Å². The number of pyridine rings is 1. The zero-order chi connectivity index (χ0) is 29.8. The average molecular weight is 765 g/mol. The topological polar surface area (TPSA) is 33.5 Å². The van der Waals surface area contributed by atoms with Gasteiger partial charge < -0.3 is 19.1 Å². The molecule has 0 fully saturated rings. The van der Waals surface area contributed by atoms with E-state index in [1.807, 2.05) is 42.6 Å². The van der Waals surface area contributed by atoms with E-state index in [9.17, 15) is 0 Å². The van der Waals surface area contributed by atoms with Gasteiger partial charge in [-0.2, -0.15) is 12.7 Å². The van der Waals surface area contributed by atoms with Crippen LogP contribution in [-0.4, -0.2) is 16.6 Å². The van der Waals surface area contributed by atoms with E-state index in [0.717, 1.165) is 55.8 Å². The number of fused-ring (bicyclic) bond motifs is 4. The third kappa shape index (κ3) is 5.07. The third-order valence-electron chi connectivity index (χ3n) is 8.37. The van der Waals surface area contributed by atoms with Gasteiger partial charge in [-0.15, -0.1) is 47.0 Å². The summed E-state index contributed by atoms with van der Waals surface area (Å²) in [6, 6.07) is 44.6. The largest absolute Gasteiger partial charge is 0.509 e. The molecule has 2 aromatic heterocycles. The molecule has 3 heterocycles. The minimum Gasteiger partial charge on any atom is -0.509 e. The maximum absolute atomic E-state index is 6.59. The Hall–Kier alpha value is -4.86. The van der Waals surface area contributed by atoms with Crippen molar-refractivity contribution < 1.29 is 25.8 Å². The molecule has 45 heavy (non-hydrogen) atoms. The van der Waals surface area contributed by atoms with Crippen LogP contribution >= 0.6 is 0 Å². The summed E-state index contributed by atoms with van der Waals surface area (Å²) in [5.41, 5.74) is 9.85. The van der Waals surface area contributed by atoms with Crippen molar-refractivity contribution in [2.45, 2.75) is 13.8 Å². The molecule has 0 bridgehead atoms. The fourth-order valence-electron chi connectivity index (χ4n) is 6.04. The van der Waals surface area contributed by atoms with Crippen molar-refractivity contribution in [2.24, 2.45) is 0 Å². The molecular formula is C39H29N4OPt-3. The molecule has 5 aromatic carbocycles. The summed E-state index contributed by atoms with van der Waals surface area (Å²) < 4.78 is 8.74. The van der Waals surface area contributed by atoms with E-state index < -0.39 is 0 Å². The van der Waals surface area contributed by atoms with Gasteiger partial charge in [-0.25, -0.2) is 4.98 Å². The van der Waals surface area contributed by atoms with Crippen molar-refractivity contribution in [1.29, 1.82) is 0 Å². The first-order chi connectivity index (χ1) is 21.5. The fourth-order valence-corrected chi connectivity index (χ4v) is 6.04. The van der Waals surface area contributed by atoms with E-state index in [0.29, 0.717) is 11.5 Å². The van der Waals surface area contributed by atoms with Crippen LogP contribution in [0.15, 0.2) is 115 Å².